The molecule has 3 aromatic rings. The Hall–Kier alpha value is -4.38. The molecule has 3 rings (SSSR count). The molecule has 3 aromatic carbocycles. The number of carbonyl (C=O) groups excluding carboxylic acids is 1. The predicted molar refractivity (Wildman–Crippen MR) is 156 cm³/mol. The molecule has 37 heavy (non-hydrogen) atoms. The number of carbonyl (C=O) groups is 1. The van der Waals surface area contributed by atoms with Gasteiger partial charge in [-0.2, -0.15) is 10.2 Å². The summed E-state index contributed by atoms with van der Waals surface area (Å²) in [7, 11) is 0. The van der Waals surface area contributed by atoms with E-state index in [0.29, 0.717) is 16.9 Å². The van der Waals surface area contributed by atoms with Crippen LogP contribution in [0, 0.1) is 34.6 Å². The monoisotopic (exact) mass is 492 g/mol. The molecule has 0 aliphatic heterocycles. The van der Waals surface area contributed by atoms with E-state index < -0.39 is 0 Å². The van der Waals surface area contributed by atoms with E-state index in [1.807, 2.05) is 32.9 Å². The van der Waals surface area contributed by atoms with Crippen molar-refractivity contribution in [3.05, 3.63) is 130 Å². The molecule has 0 spiro atoms. The topological polar surface area (TPSA) is 66.2 Å². The maximum atomic E-state index is 12.4. The number of aryl methyl sites for hydroxylation is 5. The zero-order chi connectivity index (χ0) is 27.4. The van der Waals surface area contributed by atoms with Crippen molar-refractivity contribution in [3.63, 3.8) is 0 Å². The summed E-state index contributed by atoms with van der Waals surface area (Å²) in [5.74, 6) is -0.235. The fourth-order valence-electron chi connectivity index (χ4n) is 3.23. The maximum Gasteiger partial charge on any atom is 0.255 e. The lowest BCUT2D eigenvalue weighted by molar-refractivity contribution is 0.0967. The van der Waals surface area contributed by atoms with Gasteiger partial charge in [0.25, 0.3) is 5.91 Å². The van der Waals surface area contributed by atoms with Crippen LogP contribution in [0.3, 0.4) is 0 Å². The summed E-state index contributed by atoms with van der Waals surface area (Å²) in [6.45, 7) is 19.4. The maximum absolute atomic E-state index is 12.4. The summed E-state index contributed by atoms with van der Waals surface area (Å²) in [5.41, 5.74) is 9.69. The molecule has 5 heteroatoms. The minimum Gasteiger partial charge on any atom is -0.322 e. The Morgan fingerprint density at radius 2 is 1.41 bits per heavy atom. The van der Waals surface area contributed by atoms with Gasteiger partial charge in [-0.3, -0.25) is 9.79 Å². The van der Waals surface area contributed by atoms with Crippen LogP contribution in [-0.4, -0.2) is 12.6 Å². The highest BCUT2D eigenvalue weighted by Crippen LogP contribution is 2.23. The van der Waals surface area contributed by atoms with Gasteiger partial charge < -0.3 is 5.32 Å². The van der Waals surface area contributed by atoms with Gasteiger partial charge in [-0.1, -0.05) is 48.0 Å². The molecule has 0 aliphatic rings. The molecule has 0 radical (unpaired) electrons. The second kappa shape index (κ2) is 14.2. The normalized spacial score (nSPS) is 11.5. The van der Waals surface area contributed by atoms with E-state index in [0.717, 1.165) is 16.9 Å². The Kier molecular flexibility index (Phi) is 11.1. The van der Waals surface area contributed by atoms with Gasteiger partial charge in [-0.05, 0) is 114 Å². The Morgan fingerprint density at radius 1 is 0.784 bits per heavy atom. The van der Waals surface area contributed by atoms with Crippen molar-refractivity contribution in [2.24, 2.45) is 15.2 Å². The van der Waals surface area contributed by atoms with Crippen molar-refractivity contribution in [1.82, 2.24) is 5.32 Å². The Bertz CT molecular complexity index is 1350. The van der Waals surface area contributed by atoms with Crippen molar-refractivity contribution in [1.29, 1.82) is 0 Å². The second-order valence-corrected chi connectivity index (χ2v) is 8.87. The van der Waals surface area contributed by atoms with Crippen molar-refractivity contribution >= 4 is 24.0 Å². The number of allylic oxidation sites excluding steroid dienone is 4. The van der Waals surface area contributed by atoms with Crippen LogP contribution in [0.2, 0.25) is 0 Å². The molecule has 0 aromatic heterocycles. The fourth-order valence-corrected chi connectivity index (χ4v) is 3.23. The first-order valence-corrected chi connectivity index (χ1v) is 12.0. The molecular formula is C32H36N4O. The quantitative estimate of drug-likeness (QED) is 0.200. The molecule has 0 atom stereocenters. The standard InChI is InChI=1S/C23H24N4O.C9H12/c1-6-20(11-8-18(4)24-5)25-23(28)19-9-12-21(13-10-19)26-27-22-14-7-16(2)15-17(22)3;1-7-4-5-8(2)9(3)6-7/h6-15H,1,5H2,2-4H3,(H,25,28);4-6H,1-3H3/b18-8+,20-11+,27-26?;. The third-order valence-electron chi connectivity index (χ3n) is 5.65. The first kappa shape index (κ1) is 28.9. The number of nitrogens with one attached hydrogen (secondary N) is 1. The summed E-state index contributed by atoms with van der Waals surface area (Å²) >= 11 is 0. The SMILES string of the molecule is C=C/C(=C\C=C(/C)N=C)NC(=O)c1ccc(N=Nc2ccc(C)cc2C)cc1.Cc1ccc(C)c(C)c1. The summed E-state index contributed by atoms with van der Waals surface area (Å²) in [5, 5.41) is 11.3. The summed E-state index contributed by atoms with van der Waals surface area (Å²) in [6.07, 6.45) is 5.04. The number of amides is 1. The van der Waals surface area contributed by atoms with E-state index in [-0.39, 0.29) is 5.91 Å². The smallest absolute Gasteiger partial charge is 0.255 e. The highest BCUT2D eigenvalue weighted by Gasteiger charge is 2.06. The number of azo groups is 1. The predicted octanol–water partition coefficient (Wildman–Crippen LogP) is 8.73. The van der Waals surface area contributed by atoms with Gasteiger partial charge in [0.05, 0.1) is 11.4 Å². The number of nitrogens with zero attached hydrogens (tertiary/aromatic N) is 3. The number of benzene rings is 3. The molecule has 190 valence electrons. The minimum absolute atomic E-state index is 0.235. The van der Waals surface area contributed by atoms with Crippen LogP contribution >= 0.6 is 0 Å². The van der Waals surface area contributed by atoms with Gasteiger partial charge in [-0.15, -0.1) is 0 Å². The lowest BCUT2D eigenvalue weighted by Gasteiger charge is -2.06. The molecule has 0 saturated carbocycles. The van der Waals surface area contributed by atoms with E-state index in [2.05, 4.69) is 78.9 Å². The van der Waals surface area contributed by atoms with Crippen molar-refractivity contribution < 1.29 is 4.79 Å². The molecule has 1 amide bonds. The van der Waals surface area contributed by atoms with E-state index in [1.165, 1.54) is 22.3 Å². The Morgan fingerprint density at radius 3 is 1.95 bits per heavy atom. The molecule has 0 fully saturated rings. The van der Waals surface area contributed by atoms with Gasteiger partial charge in [0.1, 0.15) is 0 Å². The molecule has 5 nitrogen and oxygen atoms in total. The number of rotatable bonds is 7. The van der Waals surface area contributed by atoms with Crippen LogP contribution in [0.5, 0.6) is 0 Å². The number of aliphatic imine (C=N–C) groups is 1. The van der Waals surface area contributed by atoms with Gasteiger partial charge in [0, 0.05) is 17.0 Å². The summed E-state index contributed by atoms with van der Waals surface area (Å²) in [6, 6.07) is 19.4. The molecule has 0 bridgehead atoms. The zero-order valence-corrected chi connectivity index (χ0v) is 22.7. The Balaban J connectivity index is 0.000000449. The van der Waals surface area contributed by atoms with Crippen LogP contribution < -0.4 is 5.32 Å². The van der Waals surface area contributed by atoms with Gasteiger partial charge in [0.15, 0.2) is 0 Å². The average molecular weight is 493 g/mol. The highest BCUT2D eigenvalue weighted by molar-refractivity contribution is 5.95. The molecule has 0 unspecified atom stereocenters. The van der Waals surface area contributed by atoms with Crippen LogP contribution in [-0.2, 0) is 0 Å². The van der Waals surface area contributed by atoms with Gasteiger partial charge in [-0.25, -0.2) is 0 Å². The molecule has 1 N–H and O–H groups in total. The molecule has 0 aliphatic carbocycles. The van der Waals surface area contributed by atoms with Crippen LogP contribution in [0.15, 0.2) is 112 Å². The van der Waals surface area contributed by atoms with Crippen molar-refractivity contribution in [3.8, 4) is 0 Å². The zero-order valence-electron chi connectivity index (χ0n) is 22.7. The van der Waals surface area contributed by atoms with Crippen LogP contribution in [0.25, 0.3) is 0 Å². The molecule has 0 heterocycles. The largest absolute Gasteiger partial charge is 0.322 e. The minimum atomic E-state index is -0.235. The van der Waals surface area contributed by atoms with E-state index in [4.69, 9.17) is 0 Å². The highest BCUT2D eigenvalue weighted by atomic mass is 16.1. The lowest BCUT2D eigenvalue weighted by Crippen LogP contribution is -2.21. The third kappa shape index (κ3) is 9.65. The van der Waals surface area contributed by atoms with Crippen molar-refractivity contribution in [2.45, 2.75) is 41.5 Å². The van der Waals surface area contributed by atoms with E-state index >= 15 is 0 Å². The number of hydrogen-bond acceptors (Lipinski definition) is 4. The summed E-state index contributed by atoms with van der Waals surface area (Å²) in [4.78, 5) is 16.2. The first-order chi connectivity index (χ1) is 17.6. The van der Waals surface area contributed by atoms with E-state index in [9.17, 15) is 4.79 Å². The van der Waals surface area contributed by atoms with Crippen LogP contribution in [0.1, 0.15) is 45.1 Å². The van der Waals surface area contributed by atoms with Crippen molar-refractivity contribution in [2.75, 3.05) is 0 Å². The first-order valence-electron chi connectivity index (χ1n) is 12.0. The molecular weight excluding hydrogens is 456 g/mol. The summed E-state index contributed by atoms with van der Waals surface area (Å²) < 4.78 is 0. The fraction of sp³-hybridized carbons (Fsp3) is 0.188. The molecule has 0 saturated heterocycles. The third-order valence-corrected chi connectivity index (χ3v) is 5.65. The van der Waals surface area contributed by atoms with Crippen LogP contribution in [0.4, 0.5) is 11.4 Å². The van der Waals surface area contributed by atoms with Gasteiger partial charge in [0.2, 0.25) is 0 Å². The van der Waals surface area contributed by atoms with Gasteiger partial charge >= 0.3 is 0 Å². The van der Waals surface area contributed by atoms with E-state index in [1.54, 1.807) is 42.5 Å². The average Bonchev–Trinajstić information content (AvgIpc) is 2.88. The number of hydrogen-bond donors (Lipinski definition) is 1. The second-order valence-electron chi connectivity index (χ2n) is 8.87. The Labute approximate surface area is 221 Å². The lowest BCUT2D eigenvalue weighted by atomic mass is 10.1.